The zero-order valence-corrected chi connectivity index (χ0v) is 12.3. The number of anilines is 1. The number of hydrogen-bond donors (Lipinski definition) is 3. The van der Waals surface area contributed by atoms with Gasteiger partial charge < -0.3 is 20.3 Å². The zero-order valence-electron chi connectivity index (χ0n) is 11.5. The molecule has 1 atom stereocenters. The van der Waals surface area contributed by atoms with E-state index in [1.54, 1.807) is 0 Å². The van der Waals surface area contributed by atoms with Crippen molar-refractivity contribution in [3.8, 4) is 5.75 Å². The van der Waals surface area contributed by atoms with Crippen LogP contribution in [-0.4, -0.2) is 47.0 Å². The Morgan fingerprint density at radius 3 is 2.65 bits per heavy atom. The van der Waals surface area contributed by atoms with Gasteiger partial charge in [-0.05, 0) is 18.6 Å². The molecule has 1 aromatic rings. The summed E-state index contributed by atoms with van der Waals surface area (Å²) in [4.78, 5) is -0.00626. The fourth-order valence-electron chi connectivity index (χ4n) is 1.72. The Morgan fingerprint density at radius 1 is 1.40 bits per heavy atom. The predicted molar refractivity (Wildman–Crippen MR) is 75.1 cm³/mol. The minimum absolute atomic E-state index is 0.00626. The average Bonchev–Trinajstić information content (AvgIpc) is 2.38. The highest BCUT2D eigenvalue weighted by molar-refractivity contribution is 7.89. The summed E-state index contributed by atoms with van der Waals surface area (Å²) in [5.74, 6) is 0.165. The summed E-state index contributed by atoms with van der Waals surface area (Å²) in [5.41, 5.74) is 6.00. The van der Waals surface area contributed by atoms with Crippen LogP contribution in [-0.2, 0) is 14.8 Å². The van der Waals surface area contributed by atoms with Crippen molar-refractivity contribution in [1.29, 1.82) is 0 Å². The minimum atomic E-state index is -3.79. The van der Waals surface area contributed by atoms with E-state index in [9.17, 15) is 8.42 Å². The molecule has 8 heteroatoms. The largest absolute Gasteiger partial charge is 0.495 e. The summed E-state index contributed by atoms with van der Waals surface area (Å²) < 4.78 is 37.1. The molecule has 0 saturated heterocycles. The number of benzene rings is 1. The SMILES string of the molecule is COCC(CCO)NS(=O)(=O)c1ccc(N)cc1OC. The zero-order chi connectivity index (χ0) is 15.2. The Morgan fingerprint density at radius 2 is 2.10 bits per heavy atom. The number of nitrogens with two attached hydrogens (primary N) is 1. The van der Waals surface area contributed by atoms with Gasteiger partial charge in [-0.15, -0.1) is 0 Å². The van der Waals surface area contributed by atoms with Gasteiger partial charge in [0.2, 0.25) is 10.0 Å². The lowest BCUT2D eigenvalue weighted by molar-refractivity contribution is 0.158. The molecule has 0 aliphatic rings. The number of hydrogen-bond acceptors (Lipinski definition) is 6. The van der Waals surface area contributed by atoms with E-state index < -0.39 is 16.1 Å². The van der Waals surface area contributed by atoms with E-state index in [2.05, 4.69) is 4.72 Å². The monoisotopic (exact) mass is 304 g/mol. The molecule has 1 aromatic carbocycles. The molecule has 1 unspecified atom stereocenters. The van der Waals surface area contributed by atoms with Gasteiger partial charge in [-0.3, -0.25) is 0 Å². The summed E-state index contributed by atoms with van der Waals surface area (Å²) in [7, 11) is -0.955. The lowest BCUT2D eigenvalue weighted by Crippen LogP contribution is -2.38. The van der Waals surface area contributed by atoms with Gasteiger partial charge in [0, 0.05) is 31.5 Å². The van der Waals surface area contributed by atoms with E-state index in [0.29, 0.717) is 5.69 Å². The van der Waals surface area contributed by atoms with Crippen LogP contribution in [0.5, 0.6) is 5.75 Å². The van der Waals surface area contributed by atoms with Gasteiger partial charge in [0.1, 0.15) is 10.6 Å². The molecule has 0 fully saturated rings. The van der Waals surface area contributed by atoms with E-state index >= 15 is 0 Å². The molecular weight excluding hydrogens is 284 g/mol. The van der Waals surface area contributed by atoms with Gasteiger partial charge in [0.15, 0.2) is 0 Å². The Balaban J connectivity index is 3.03. The normalized spacial score (nSPS) is 13.2. The number of aliphatic hydroxyl groups excluding tert-OH is 1. The van der Waals surface area contributed by atoms with Crippen LogP contribution in [0.4, 0.5) is 5.69 Å². The first-order chi connectivity index (χ1) is 9.44. The quantitative estimate of drug-likeness (QED) is 0.581. The number of ether oxygens (including phenoxy) is 2. The molecule has 0 aliphatic heterocycles. The Labute approximate surface area is 118 Å². The first-order valence-electron chi connectivity index (χ1n) is 6.00. The Kier molecular flexibility index (Phi) is 6.21. The number of methoxy groups -OCH3 is 2. The predicted octanol–water partition coefficient (Wildman–Crippen LogP) is -0.0469. The van der Waals surface area contributed by atoms with E-state index in [-0.39, 0.29) is 30.3 Å². The molecule has 0 aromatic heterocycles. The van der Waals surface area contributed by atoms with Crippen LogP contribution >= 0.6 is 0 Å². The van der Waals surface area contributed by atoms with Gasteiger partial charge in [0.25, 0.3) is 0 Å². The fourth-order valence-corrected chi connectivity index (χ4v) is 3.13. The topological polar surface area (TPSA) is 111 Å². The van der Waals surface area contributed by atoms with Gasteiger partial charge in [-0.1, -0.05) is 0 Å². The van der Waals surface area contributed by atoms with Crippen molar-refractivity contribution < 1.29 is 23.0 Å². The highest BCUT2D eigenvalue weighted by Crippen LogP contribution is 2.26. The molecule has 0 amide bonds. The van der Waals surface area contributed by atoms with E-state index in [4.69, 9.17) is 20.3 Å². The molecule has 0 heterocycles. The molecule has 0 aliphatic carbocycles. The lowest BCUT2D eigenvalue weighted by atomic mass is 10.2. The third-order valence-electron chi connectivity index (χ3n) is 2.64. The third kappa shape index (κ3) is 4.34. The maximum atomic E-state index is 12.3. The van der Waals surface area contributed by atoms with Crippen molar-refractivity contribution in [3.63, 3.8) is 0 Å². The Bertz CT molecular complexity index is 527. The molecule has 0 radical (unpaired) electrons. The first-order valence-corrected chi connectivity index (χ1v) is 7.48. The molecule has 114 valence electrons. The van der Waals surface area contributed by atoms with Crippen molar-refractivity contribution >= 4 is 15.7 Å². The maximum Gasteiger partial charge on any atom is 0.244 e. The minimum Gasteiger partial charge on any atom is -0.495 e. The van der Waals surface area contributed by atoms with Crippen LogP contribution in [0.3, 0.4) is 0 Å². The molecule has 0 saturated carbocycles. The molecular formula is C12H20N2O5S. The van der Waals surface area contributed by atoms with Crippen molar-refractivity contribution in [3.05, 3.63) is 18.2 Å². The van der Waals surface area contributed by atoms with Crippen molar-refractivity contribution in [1.82, 2.24) is 4.72 Å². The molecule has 1 rings (SSSR count). The second-order valence-corrected chi connectivity index (χ2v) is 5.88. The van der Waals surface area contributed by atoms with E-state index in [1.807, 2.05) is 0 Å². The molecule has 0 spiro atoms. The summed E-state index contributed by atoms with van der Waals surface area (Å²) in [6.45, 7) is 0.0203. The van der Waals surface area contributed by atoms with Crippen LogP contribution in [0.15, 0.2) is 23.1 Å². The summed E-state index contributed by atoms with van der Waals surface area (Å²) in [6, 6.07) is 3.77. The van der Waals surface area contributed by atoms with Gasteiger partial charge >= 0.3 is 0 Å². The van der Waals surface area contributed by atoms with Gasteiger partial charge in [-0.2, -0.15) is 0 Å². The van der Waals surface area contributed by atoms with Gasteiger partial charge in [0.05, 0.1) is 13.7 Å². The second-order valence-electron chi connectivity index (χ2n) is 4.20. The van der Waals surface area contributed by atoms with Crippen LogP contribution in [0.1, 0.15) is 6.42 Å². The van der Waals surface area contributed by atoms with Crippen molar-refractivity contribution in [2.45, 2.75) is 17.4 Å². The molecule has 7 nitrogen and oxygen atoms in total. The van der Waals surface area contributed by atoms with Gasteiger partial charge in [-0.25, -0.2) is 13.1 Å². The average molecular weight is 304 g/mol. The summed E-state index contributed by atoms with van der Waals surface area (Å²) in [5, 5.41) is 8.94. The summed E-state index contributed by atoms with van der Waals surface area (Å²) in [6.07, 6.45) is 0.254. The Hall–Kier alpha value is -1.35. The third-order valence-corrected chi connectivity index (χ3v) is 4.20. The maximum absolute atomic E-state index is 12.3. The van der Waals surface area contributed by atoms with Crippen molar-refractivity contribution in [2.75, 3.05) is 33.2 Å². The number of nitrogen functional groups attached to an aromatic ring is 1. The standard InChI is InChI=1S/C12H20N2O5S/c1-18-8-10(5-6-15)14-20(16,17)12-4-3-9(13)7-11(12)19-2/h3-4,7,10,14-15H,5-6,8,13H2,1-2H3. The fraction of sp³-hybridized carbons (Fsp3) is 0.500. The highest BCUT2D eigenvalue weighted by atomic mass is 32.2. The lowest BCUT2D eigenvalue weighted by Gasteiger charge is -2.18. The van der Waals surface area contributed by atoms with Crippen LogP contribution in [0.2, 0.25) is 0 Å². The first kappa shape index (κ1) is 16.7. The van der Waals surface area contributed by atoms with E-state index in [1.165, 1.54) is 32.4 Å². The molecule has 20 heavy (non-hydrogen) atoms. The smallest absolute Gasteiger partial charge is 0.244 e. The number of nitrogens with one attached hydrogen (secondary N) is 1. The van der Waals surface area contributed by atoms with E-state index in [0.717, 1.165) is 0 Å². The second kappa shape index (κ2) is 7.44. The summed E-state index contributed by atoms with van der Waals surface area (Å²) >= 11 is 0. The van der Waals surface area contributed by atoms with Crippen LogP contribution in [0, 0.1) is 0 Å². The van der Waals surface area contributed by atoms with Crippen LogP contribution < -0.4 is 15.2 Å². The number of sulfonamides is 1. The number of aliphatic hydroxyl groups is 1. The highest BCUT2D eigenvalue weighted by Gasteiger charge is 2.23. The molecule has 0 bridgehead atoms. The van der Waals surface area contributed by atoms with Crippen LogP contribution in [0.25, 0.3) is 0 Å². The number of rotatable bonds is 8. The van der Waals surface area contributed by atoms with Crippen molar-refractivity contribution in [2.24, 2.45) is 0 Å². The molecule has 4 N–H and O–H groups in total.